The van der Waals surface area contributed by atoms with E-state index in [1.165, 1.54) is 19.3 Å². The maximum absolute atomic E-state index is 8.77. The Morgan fingerprint density at radius 1 is 1.52 bits per heavy atom. The summed E-state index contributed by atoms with van der Waals surface area (Å²) in [6, 6.07) is 5.53. The van der Waals surface area contributed by atoms with E-state index in [-0.39, 0.29) is 5.84 Å². The van der Waals surface area contributed by atoms with Crippen LogP contribution in [0, 0.1) is 0 Å². The maximum Gasteiger partial charge on any atom is 0.170 e. The highest BCUT2D eigenvalue weighted by Gasteiger charge is 2.35. The molecule has 6 heteroatoms. The molecule has 5 nitrogen and oxygen atoms in total. The fourth-order valence-electron chi connectivity index (χ4n) is 2.58. The lowest BCUT2D eigenvalue weighted by molar-refractivity contribution is 0.318. The molecule has 1 fully saturated rings. The minimum Gasteiger partial charge on any atom is -0.496 e. The first-order valence-electron chi connectivity index (χ1n) is 7.05. The van der Waals surface area contributed by atoms with Crippen LogP contribution in [-0.4, -0.2) is 35.7 Å². The molecule has 0 saturated heterocycles. The number of benzene rings is 1. The van der Waals surface area contributed by atoms with Gasteiger partial charge in [-0.2, -0.15) is 11.8 Å². The summed E-state index contributed by atoms with van der Waals surface area (Å²) in [7, 11) is 1.65. The zero-order valence-electron chi connectivity index (χ0n) is 12.6. The Hall–Kier alpha value is -1.40. The van der Waals surface area contributed by atoms with E-state index in [1.54, 1.807) is 13.2 Å². The van der Waals surface area contributed by atoms with E-state index in [0.29, 0.717) is 16.9 Å². The van der Waals surface area contributed by atoms with E-state index in [2.05, 4.69) is 16.7 Å². The molecule has 0 aromatic heterocycles. The van der Waals surface area contributed by atoms with Crippen molar-refractivity contribution >= 4 is 17.6 Å². The molecule has 21 heavy (non-hydrogen) atoms. The number of methoxy groups -OCH3 is 1. The third-order valence-electron chi connectivity index (χ3n) is 4.14. The van der Waals surface area contributed by atoms with E-state index < -0.39 is 0 Å². The third kappa shape index (κ3) is 3.63. The van der Waals surface area contributed by atoms with Crippen molar-refractivity contribution in [1.82, 2.24) is 5.32 Å². The number of amidine groups is 1. The summed E-state index contributed by atoms with van der Waals surface area (Å²) in [4.78, 5) is 0. The van der Waals surface area contributed by atoms with Gasteiger partial charge < -0.3 is 21.0 Å². The van der Waals surface area contributed by atoms with Crippen LogP contribution in [0.5, 0.6) is 5.75 Å². The molecule has 0 unspecified atom stereocenters. The van der Waals surface area contributed by atoms with Gasteiger partial charge in [0.15, 0.2) is 5.84 Å². The predicted molar refractivity (Wildman–Crippen MR) is 87.3 cm³/mol. The fraction of sp³-hybridized carbons (Fsp3) is 0.533. The molecule has 0 spiro atoms. The average Bonchev–Trinajstić information content (AvgIpc) is 2.49. The van der Waals surface area contributed by atoms with Crippen LogP contribution in [0.1, 0.15) is 30.4 Å². The fourth-order valence-corrected chi connectivity index (χ4v) is 3.53. The third-order valence-corrected chi connectivity index (χ3v) is 5.56. The van der Waals surface area contributed by atoms with Gasteiger partial charge in [0.05, 0.1) is 7.11 Å². The second-order valence-corrected chi connectivity index (χ2v) is 6.63. The van der Waals surface area contributed by atoms with Crippen molar-refractivity contribution in [3.63, 3.8) is 0 Å². The summed E-state index contributed by atoms with van der Waals surface area (Å²) in [6.45, 7) is 1.70. The molecule has 0 bridgehead atoms. The van der Waals surface area contributed by atoms with Crippen LogP contribution in [0.4, 0.5) is 0 Å². The number of nitrogens with one attached hydrogen (secondary N) is 1. The lowest BCUT2D eigenvalue weighted by Gasteiger charge is -2.40. The van der Waals surface area contributed by atoms with Gasteiger partial charge in [0.25, 0.3) is 0 Å². The topological polar surface area (TPSA) is 79.9 Å². The second-order valence-electron chi connectivity index (χ2n) is 5.36. The van der Waals surface area contributed by atoms with Crippen LogP contribution < -0.4 is 15.8 Å². The summed E-state index contributed by atoms with van der Waals surface area (Å²) >= 11 is 1.95. The number of ether oxygens (including phenoxy) is 1. The molecule has 0 aliphatic heterocycles. The number of thioether (sulfide) groups is 1. The minimum absolute atomic E-state index is 0.110. The van der Waals surface area contributed by atoms with Gasteiger partial charge in [0.2, 0.25) is 0 Å². The van der Waals surface area contributed by atoms with Crippen molar-refractivity contribution in [3.8, 4) is 5.75 Å². The van der Waals surface area contributed by atoms with E-state index in [0.717, 1.165) is 17.9 Å². The van der Waals surface area contributed by atoms with Gasteiger partial charge in [-0.25, -0.2) is 0 Å². The molecule has 0 amide bonds. The molecular weight excluding hydrogens is 286 g/mol. The van der Waals surface area contributed by atoms with Gasteiger partial charge >= 0.3 is 0 Å². The lowest BCUT2D eigenvalue weighted by atomic mass is 9.84. The molecule has 4 N–H and O–H groups in total. The monoisotopic (exact) mass is 309 g/mol. The van der Waals surface area contributed by atoms with Crippen molar-refractivity contribution in [2.45, 2.75) is 30.6 Å². The summed E-state index contributed by atoms with van der Waals surface area (Å²) in [6.07, 6.45) is 6.07. The molecule has 1 aromatic rings. The number of oxime groups is 1. The van der Waals surface area contributed by atoms with Crippen LogP contribution in [-0.2, 0) is 6.54 Å². The maximum atomic E-state index is 8.77. The summed E-state index contributed by atoms with van der Waals surface area (Å²) in [5.74, 6) is 0.919. The van der Waals surface area contributed by atoms with Crippen LogP contribution in [0.25, 0.3) is 0 Å². The van der Waals surface area contributed by atoms with Gasteiger partial charge in [-0.3, -0.25) is 0 Å². The zero-order valence-corrected chi connectivity index (χ0v) is 13.4. The number of hydrogen-bond donors (Lipinski definition) is 3. The van der Waals surface area contributed by atoms with E-state index in [1.807, 2.05) is 23.9 Å². The van der Waals surface area contributed by atoms with Crippen molar-refractivity contribution in [1.29, 1.82) is 0 Å². The van der Waals surface area contributed by atoms with Crippen LogP contribution >= 0.6 is 11.8 Å². The Morgan fingerprint density at radius 3 is 2.81 bits per heavy atom. The summed E-state index contributed by atoms with van der Waals surface area (Å²) in [5, 5.41) is 15.3. The smallest absolute Gasteiger partial charge is 0.170 e. The normalized spacial score (nSPS) is 17.3. The Balaban J connectivity index is 2.03. The SMILES string of the molecule is COc1ccc(/C(N)=N/O)cc1CNCC1(SC)CCC1. The highest BCUT2D eigenvalue weighted by Crippen LogP contribution is 2.42. The average molecular weight is 309 g/mol. The molecule has 0 radical (unpaired) electrons. The quantitative estimate of drug-likeness (QED) is 0.311. The molecule has 1 aromatic carbocycles. The van der Waals surface area contributed by atoms with E-state index in [9.17, 15) is 0 Å². The molecule has 0 heterocycles. The number of rotatable bonds is 7. The van der Waals surface area contributed by atoms with Crippen molar-refractivity contribution in [2.75, 3.05) is 19.9 Å². The van der Waals surface area contributed by atoms with Crippen molar-refractivity contribution in [2.24, 2.45) is 10.9 Å². The van der Waals surface area contributed by atoms with Gasteiger partial charge in [-0.1, -0.05) is 11.6 Å². The van der Waals surface area contributed by atoms with Crippen molar-refractivity contribution < 1.29 is 9.94 Å². The second kappa shape index (κ2) is 7.04. The molecule has 1 saturated carbocycles. The van der Waals surface area contributed by atoms with Crippen LogP contribution in [0.3, 0.4) is 0 Å². The lowest BCUT2D eigenvalue weighted by Crippen LogP contribution is -2.43. The molecule has 1 aliphatic carbocycles. The first-order valence-corrected chi connectivity index (χ1v) is 8.27. The Kier molecular flexibility index (Phi) is 5.36. The largest absolute Gasteiger partial charge is 0.496 e. The Labute approximate surface area is 129 Å². The first kappa shape index (κ1) is 16.0. The van der Waals surface area contributed by atoms with Gasteiger partial charge in [0.1, 0.15) is 5.75 Å². The number of nitrogens with zero attached hydrogens (tertiary/aromatic N) is 1. The molecular formula is C15H23N3O2S. The van der Waals surface area contributed by atoms with E-state index in [4.69, 9.17) is 15.7 Å². The summed E-state index contributed by atoms with van der Waals surface area (Å²) < 4.78 is 5.77. The number of nitrogens with two attached hydrogens (primary N) is 1. The molecule has 116 valence electrons. The molecule has 0 atom stereocenters. The Bertz CT molecular complexity index is 510. The first-order chi connectivity index (χ1) is 10.1. The predicted octanol–water partition coefficient (Wildman–Crippen LogP) is 2.17. The zero-order chi connectivity index (χ0) is 15.3. The van der Waals surface area contributed by atoms with Gasteiger partial charge in [0, 0.05) is 29.0 Å². The summed E-state index contributed by atoms with van der Waals surface area (Å²) in [5.41, 5.74) is 7.34. The highest BCUT2D eigenvalue weighted by molar-refractivity contribution is 8.00. The van der Waals surface area contributed by atoms with Gasteiger partial charge in [-0.15, -0.1) is 0 Å². The number of hydrogen-bond acceptors (Lipinski definition) is 5. The van der Waals surface area contributed by atoms with Crippen LogP contribution in [0.15, 0.2) is 23.4 Å². The highest BCUT2D eigenvalue weighted by atomic mass is 32.2. The molecule has 2 rings (SSSR count). The van der Waals surface area contributed by atoms with Crippen LogP contribution in [0.2, 0.25) is 0 Å². The van der Waals surface area contributed by atoms with Crippen molar-refractivity contribution in [3.05, 3.63) is 29.3 Å². The van der Waals surface area contributed by atoms with Gasteiger partial charge in [-0.05, 0) is 37.3 Å². The standard InChI is InChI=1S/C15H23N3O2S/c1-20-13-5-4-11(14(16)18-19)8-12(13)9-17-10-15(21-2)6-3-7-15/h4-5,8,17,19H,3,6-7,9-10H2,1-2H3,(H2,16,18). The Morgan fingerprint density at radius 2 is 2.29 bits per heavy atom. The molecule has 1 aliphatic rings. The van der Waals surface area contributed by atoms with E-state index >= 15 is 0 Å². The minimum atomic E-state index is 0.110.